The molecule has 0 aliphatic carbocycles. The van der Waals surface area contributed by atoms with Crippen LogP contribution in [0.5, 0.6) is 5.75 Å². The molecule has 7 heteroatoms. The lowest BCUT2D eigenvalue weighted by Crippen LogP contribution is -2.09. The SMILES string of the molecule is O.O=C1OC(=O)c2cc(OCCOCCO)ccc21. The standard InChI is InChI=1S/C12H12O6.H2O/c13-3-4-16-5-6-17-8-1-2-9-10(7-8)12(15)18-11(9)14;/h1-2,7,13H,3-6H2;1H2. The number of ether oxygens (including phenoxy) is 3. The van der Waals surface area contributed by atoms with E-state index in [2.05, 4.69) is 4.74 Å². The zero-order chi connectivity index (χ0) is 13.0. The monoisotopic (exact) mass is 270 g/mol. The van der Waals surface area contributed by atoms with E-state index in [0.29, 0.717) is 19.0 Å². The van der Waals surface area contributed by atoms with Crippen LogP contribution in [-0.2, 0) is 9.47 Å². The summed E-state index contributed by atoms with van der Waals surface area (Å²) >= 11 is 0. The van der Waals surface area contributed by atoms with E-state index < -0.39 is 11.9 Å². The van der Waals surface area contributed by atoms with Gasteiger partial charge in [-0.3, -0.25) is 0 Å². The average Bonchev–Trinajstić information content (AvgIpc) is 2.65. The summed E-state index contributed by atoms with van der Waals surface area (Å²) in [4.78, 5) is 22.5. The zero-order valence-electron chi connectivity index (χ0n) is 10.0. The predicted octanol–water partition coefficient (Wildman–Crippen LogP) is -0.440. The summed E-state index contributed by atoms with van der Waals surface area (Å²) in [6, 6.07) is 4.55. The lowest BCUT2D eigenvalue weighted by atomic mass is 10.1. The second-order valence-corrected chi connectivity index (χ2v) is 3.57. The lowest BCUT2D eigenvalue weighted by molar-refractivity contribution is 0.0443. The molecule has 0 fully saturated rings. The average molecular weight is 270 g/mol. The van der Waals surface area contributed by atoms with Gasteiger partial charge in [-0.15, -0.1) is 0 Å². The summed E-state index contributed by atoms with van der Waals surface area (Å²) in [6.45, 7) is 0.851. The predicted molar refractivity (Wildman–Crippen MR) is 63.2 cm³/mol. The number of rotatable bonds is 6. The molecule has 0 aromatic heterocycles. The van der Waals surface area contributed by atoms with E-state index in [9.17, 15) is 9.59 Å². The van der Waals surface area contributed by atoms with E-state index in [1.807, 2.05) is 0 Å². The van der Waals surface area contributed by atoms with E-state index in [-0.39, 0.29) is 29.8 Å². The molecule has 3 N–H and O–H groups in total. The maximum atomic E-state index is 11.3. The summed E-state index contributed by atoms with van der Waals surface area (Å²) in [5.41, 5.74) is 0.470. The van der Waals surface area contributed by atoms with Gasteiger partial charge in [-0.2, -0.15) is 0 Å². The molecule has 0 saturated heterocycles. The molecule has 104 valence electrons. The molecule has 1 aliphatic heterocycles. The molecule has 0 radical (unpaired) electrons. The largest absolute Gasteiger partial charge is 0.491 e. The molecule has 0 bridgehead atoms. The Hall–Kier alpha value is -1.96. The van der Waals surface area contributed by atoms with Gasteiger partial charge in [0.05, 0.1) is 30.9 Å². The number of aliphatic hydroxyl groups is 1. The quantitative estimate of drug-likeness (QED) is 0.426. The topological polar surface area (TPSA) is 114 Å². The molecule has 0 amide bonds. The number of esters is 2. The Balaban J connectivity index is 0.00000180. The van der Waals surface area contributed by atoms with Gasteiger partial charge in [0.2, 0.25) is 0 Å². The van der Waals surface area contributed by atoms with Crippen molar-refractivity contribution in [3.05, 3.63) is 29.3 Å². The second-order valence-electron chi connectivity index (χ2n) is 3.57. The molecule has 7 nitrogen and oxygen atoms in total. The lowest BCUT2D eigenvalue weighted by Gasteiger charge is -2.06. The number of carbonyl (C=O) groups excluding carboxylic acids is 2. The minimum atomic E-state index is -0.656. The fourth-order valence-corrected chi connectivity index (χ4v) is 1.54. The van der Waals surface area contributed by atoms with Crippen molar-refractivity contribution in [1.29, 1.82) is 0 Å². The maximum Gasteiger partial charge on any atom is 0.347 e. The summed E-state index contributed by atoms with van der Waals surface area (Å²) in [7, 11) is 0. The van der Waals surface area contributed by atoms with Crippen LogP contribution in [0.25, 0.3) is 0 Å². The first-order valence-corrected chi connectivity index (χ1v) is 5.44. The van der Waals surface area contributed by atoms with Crippen molar-refractivity contribution in [3.63, 3.8) is 0 Å². The van der Waals surface area contributed by atoms with Crippen LogP contribution in [0.4, 0.5) is 0 Å². The highest BCUT2D eigenvalue weighted by Crippen LogP contribution is 2.24. The number of hydrogen-bond acceptors (Lipinski definition) is 6. The van der Waals surface area contributed by atoms with Gasteiger partial charge in [0, 0.05) is 0 Å². The first kappa shape index (κ1) is 15.1. The smallest absolute Gasteiger partial charge is 0.347 e. The first-order valence-electron chi connectivity index (χ1n) is 5.44. The molecule has 2 rings (SSSR count). The van der Waals surface area contributed by atoms with Gasteiger partial charge in [-0.25, -0.2) is 9.59 Å². The number of aliphatic hydroxyl groups excluding tert-OH is 1. The minimum Gasteiger partial charge on any atom is -0.491 e. The third-order valence-corrected chi connectivity index (χ3v) is 2.35. The van der Waals surface area contributed by atoms with Crippen molar-refractivity contribution in [2.75, 3.05) is 26.4 Å². The van der Waals surface area contributed by atoms with E-state index in [4.69, 9.17) is 14.6 Å². The van der Waals surface area contributed by atoms with Crippen molar-refractivity contribution in [1.82, 2.24) is 0 Å². The van der Waals surface area contributed by atoms with Gasteiger partial charge < -0.3 is 24.8 Å². The molecular formula is C12H14O7. The molecule has 19 heavy (non-hydrogen) atoms. The van der Waals surface area contributed by atoms with Crippen molar-refractivity contribution >= 4 is 11.9 Å². The van der Waals surface area contributed by atoms with E-state index in [1.165, 1.54) is 12.1 Å². The Morgan fingerprint density at radius 2 is 1.79 bits per heavy atom. The van der Waals surface area contributed by atoms with Crippen molar-refractivity contribution in [3.8, 4) is 5.75 Å². The molecule has 1 heterocycles. The number of fused-ring (bicyclic) bond motifs is 1. The summed E-state index contributed by atoms with van der Waals surface area (Å²) in [5.74, 6) is -0.821. The fraction of sp³-hybridized carbons (Fsp3) is 0.333. The molecule has 0 spiro atoms. The molecule has 1 aromatic rings. The molecule has 0 atom stereocenters. The van der Waals surface area contributed by atoms with Crippen LogP contribution in [0.15, 0.2) is 18.2 Å². The third-order valence-electron chi connectivity index (χ3n) is 2.35. The van der Waals surface area contributed by atoms with E-state index >= 15 is 0 Å². The van der Waals surface area contributed by atoms with Gasteiger partial charge in [0.25, 0.3) is 0 Å². The van der Waals surface area contributed by atoms with Crippen LogP contribution < -0.4 is 4.74 Å². The molecule has 0 saturated carbocycles. The Bertz CT molecular complexity index is 469. The Morgan fingerprint density at radius 1 is 1.05 bits per heavy atom. The maximum absolute atomic E-state index is 11.3. The summed E-state index contributed by atoms with van der Waals surface area (Å²) < 4.78 is 14.8. The molecular weight excluding hydrogens is 256 g/mol. The van der Waals surface area contributed by atoms with Crippen molar-refractivity contribution in [2.24, 2.45) is 0 Å². The number of hydrogen-bond donors (Lipinski definition) is 1. The summed E-state index contributed by atoms with van der Waals surface area (Å²) in [5, 5.41) is 8.49. The number of carbonyl (C=O) groups is 2. The van der Waals surface area contributed by atoms with E-state index in [0.717, 1.165) is 0 Å². The Labute approximate surface area is 109 Å². The third kappa shape index (κ3) is 3.50. The molecule has 0 unspecified atom stereocenters. The highest BCUT2D eigenvalue weighted by atomic mass is 16.6. The van der Waals surface area contributed by atoms with Gasteiger partial charge in [-0.05, 0) is 18.2 Å². The van der Waals surface area contributed by atoms with Crippen molar-refractivity contribution in [2.45, 2.75) is 0 Å². The van der Waals surface area contributed by atoms with Crippen LogP contribution >= 0.6 is 0 Å². The van der Waals surface area contributed by atoms with Crippen LogP contribution in [0.2, 0.25) is 0 Å². The van der Waals surface area contributed by atoms with E-state index in [1.54, 1.807) is 6.07 Å². The Kier molecular flexibility index (Phi) is 5.43. The molecule has 1 aromatic carbocycles. The van der Waals surface area contributed by atoms with Crippen LogP contribution in [0, 0.1) is 0 Å². The van der Waals surface area contributed by atoms with Gasteiger partial charge in [-0.1, -0.05) is 0 Å². The van der Waals surface area contributed by atoms with Crippen LogP contribution in [0.1, 0.15) is 20.7 Å². The first-order chi connectivity index (χ1) is 8.72. The summed E-state index contributed by atoms with van der Waals surface area (Å²) in [6.07, 6.45) is 0. The normalized spacial score (nSPS) is 12.7. The number of benzene rings is 1. The minimum absolute atomic E-state index is 0. The number of cyclic esters (lactones) is 2. The Morgan fingerprint density at radius 3 is 2.53 bits per heavy atom. The highest BCUT2D eigenvalue weighted by molar-refractivity contribution is 6.14. The zero-order valence-corrected chi connectivity index (χ0v) is 10.0. The van der Waals surface area contributed by atoms with Crippen LogP contribution in [-0.4, -0.2) is 48.9 Å². The second kappa shape index (κ2) is 6.83. The highest BCUT2D eigenvalue weighted by Gasteiger charge is 2.29. The van der Waals surface area contributed by atoms with Crippen molar-refractivity contribution < 1.29 is 34.4 Å². The van der Waals surface area contributed by atoms with Gasteiger partial charge in [0.1, 0.15) is 12.4 Å². The fourth-order valence-electron chi connectivity index (χ4n) is 1.54. The van der Waals surface area contributed by atoms with Crippen LogP contribution in [0.3, 0.4) is 0 Å². The van der Waals surface area contributed by atoms with Gasteiger partial charge in [0.15, 0.2) is 0 Å². The molecule has 1 aliphatic rings. The van der Waals surface area contributed by atoms with Gasteiger partial charge >= 0.3 is 11.9 Å².